The van der Waals surface area contributed by atoms with Crippen molar-refractivity contribution < 1.29 is 22.7 Å². The first-order valence-corrected chi connectivity index (χ1v) is 13.6. The Morgan fingerprint density at radius 3 is 2.66 bits per heavy atom. The Labute approximate surface area is 242 Å². The number of anilines is 2. The van der Waals surface area contributed by atoms with Gasteiger partial charge in [-0.05, 0) is 58.3 Å². The van der Waals surface area contributed by atoms with Crippen LogP contribution in [0, 0.1) is 0 Å². The predicted molar refractivity (Wildman–Crippen MR) is 156 cm³/mol. The third-order valence-corrected chi connectivity index (χ3v) is 7.06. The Bertz CT molecular complexity index is 1720. The van der Waals surface area contributed by atoms with E-state index in [1.807, 2.05) is 24.3 Å². The number of rotatable bonds is 9. The van der Waals surface area contributed by atoms with Gasteiger partial charge >= 0.3 is 6.18 Å². The summed E-state index contributed by atoms with van der Waals surface area (Å²) in [7, 11) is 0. The lowest BCUT2D eigenvalue weighted by molar-refractivity contribution is -0.137. The first-order chi connectivity index (χ1) is 19.7. The summed E-state index contributed by atoms with van der Waals surface area (Å²) in [5.74, 6) is 0.122. The number of carbonyl (C=O) groups excluding carboxylic acids is 1. The summed E-state index contributed by atoms with van der Waals surface area (Å²) in [6.45, 7) is 0.359. The Morgan fingerprint density at radius 1 is 1.02 bits per heavy atom. The third-order valence-electron chi connectivity index (χ3n) is 5.96. The van der Waals surface area contributed by atoms with E-state index < -0.39 is 17.6 Å². The molecule has 208 valence electrons. The summed E-state index contributed by atoms with van der Waals surface area (Å²) >= 11 is 7.59. The van der Waals surface area contributed by atoms with Gasteiger partial charge in [-0.2, -0.15) is 18.3 Å². The quantitative estimate of drug-likeness (QED) is 0.134. The Kier molecular flexibility index (Phi) is 8.51. The van der Waals surface area contributed by atoms with Crippen LogP contribution in [-0.2, 0) is 24.0 Å². The van der Waals surface area contributed by atoms with Crippen molar-refractivity contribution in [2.45, 2.75) is 19.2 Å². The monoisotopic (exact) mass is 594 g/mol. The molecule has 0 aliphatic rings. The Hall–Kier alpha value is -4.41. The zero-order chi connectivity index (χ0) is 28.8. The lowest BCUT2D eigenvalue weighted by Crippen LogP contribution is -2.19. The molecular weight excluding hydrogens is 573 g/mol. The number of hydrogen-bond donors (Lipinski definition) is 2. The number of halogens is 4. The van der Waals surface area contributed by atoms with Crippen LogP contribution in [-0.4, -0.2) is 17.1 Å². The number of carbonyl (C=O) groups is 1. The molecule has 1 aromatic heterocycles. The predicted octanol–water partition coefficient (Wildman–Crippen LogP) is 7.98. The van der Waals surface area contributed by atoms with Gasteiger partial charge in [0, 0.05) is 11.1 Å². The second-order valence-corrected chi connectivity index (χ2v) is 10.2. The van der Waals surface area contributed by atoms with Crippen molar-refractivity contribution in [3.05, 3.63) is 118 Å². The van der Waals surface area contributed by atoms with Crippen LogP contribution in [0.15, 0.2) is 95.4 Å². The van der Waals surface area contributed by atoms with Crippen molar-refractivity contribution >= 4 is 56.7 Å². The van der Waals surface area contributed by atoms with E-state index >= 15 is 0 Å². The second kappa shape index (κ2) is 12.4. The molecule has 4 aromatic carbocycles. The van der Waals surface area contributed by atoms with Crippen LogP contribution < -0.4 is 15.5 Å². The molecule has 0 bridgehead atoms. The van der Waals surface area contributed by atoms with E-state index in [1.54, 1.807) is 23.6 Å². The van der Waals surface area contributed by atoms with Crippen molar-refractivity contribution in [1.82, 2.24) is 10.4 Å². The van der Waals surface area contributed by atoms with Crippen molar-refractivity contribution in [2.75, 3.05) is 5.32 Å². The zero-order valence-corrected chi connectivity index (χ0v) is 22.9. The third kappa shape index (κ3) is 7.41. The summed E-state index contributed by atoms with van der Waals surface area (Å²) in [6.07, 6.45) is -3.04. The van der Waals surface area contributed by atoms with Crippen LogP contribution in [0.5, 0.6) is 5.75 Å². The van der Waals surface area contributed by atoms with Crippen molar-refractivity contribution in [1.29, 1.82) is 0 Å². The molecule has 41 heavy (non-hydrogen) atoms. The average Bonchev–Trinajstić information content (AvgIpc) is 3.38. The summed E-state index contributed by atoms with van der Waals surface area (Å²) in [5, 5.41) is 11.5. The maximum Gasteiger partial charge on any atom is 0.416 e. The number of ether oxygens (including phenoxy) is 1. The van der Waals surface area contributed by atoms with E-state index in [0.29, 0.717) is 33.8 Å². The van der Waals surface area contributed by atoms with Gasteiger partial charge in [0.05, 0.1) is 28.9 Å². The highest BCUT2D eigenvalue weighted by Crippen LogP contribution is 2.32. The summed E-state index contributed by atoms with van der Waals surface area (Å²) in [6, 6.07) is 24.1. The molecule has 0 radical (unpaired) electrons. The van der Waals surface area contributed by atoms with Crippen LogP contribution in [0.4, 0.5) is 24.0 Å². The van der Waals surface area contributed by atoms with Crippen LogP contribution in [0.1, 0.15) is 22.4 Å². The fourth-order valence-electron chi connectivity index (χ4n) is 4.01. The minimum absolute atomic E-state index is 0.0557. The summed E-state index contributed by atoms with van der Waals surface area (Å²) in [4.78, 5) is 16.6. The maximum absolute atomic E-state index is 12.9. The van der Waals surface area contributed by atoms with Gasteiger partial charge < -0.3 is 10.1 Å². The minimum Gasteiger partial charge on any atom is -0.487 e. The van der Waals surface area contributed by atoms with Gasteiger partial charge in [0.2, 0.25) is 5.91 Å². The molecule has 0 saturated carbocycles. The number of hydrogen-bond acceptors (Lipinski definition) is 6. The van der Waals surface area contributed by atoms with Crippen LogP contribution >= 0.6 is 22.9 Å². The summed E-state index contributed by atoms with van der Waals surface area (Å²) < 4.78 is 44.7. The van der Waals surface area contributed by atoms with Crippen molar-refractivity contribution in [3.63, 3.8) is 0 Å². The molecule has 0 aliphatic heterocycles. The van der Waals surface area contributed by atoms with Crippen LogP contribution in [0.2, 0.25) is 5.02 Å². The number of alkyl halides is 3. The number of hydrazone groups is 1. The molecule has 0 fully saturated rings. The van der Waals surface area contributed by atoms with Crippen LogP contribution in [0.3, 0.4) is 0 Å². The first-order valence-electron chi connectivity index (χ1n) is 12.3. The molecule has 0 unspecified atom stereocenters. The van der Waals surface area contributed by atoms with Gasteiger partial charge in [-0.15, -0.1) is 11.3 Å². The molecule has 1 heterocycles. The molecule has 5 aromatic rings. The number of thiazole rings is 1. The fraction of sp³-hybridized carbons (Fsp3) is 0.100. The standard InChI is InChI=1S/C30H22ClF3N4O2S/c31-26-13-19(11-12-27(26)40-17-21-7-3-6-20-5-1-2-10-25(20)21)16-35-38-28(39)15-24-18-41-29(37-24)36-23-9-4-8-22(14-23)30(32,33)34/h1-14,16,18H,15,17H2,(H,36,37)(H,38,39)/b35-16-. The highest BCUT2D eigenvalue weighted by Gasteiger charge is 2.30. The number of nitrogens with zero attached hydrogens (tertiary/aromatic N) is 2. The van der Waals surface area contributed by atoms with E-state index in [4.69, 9.17) is 16.3 Å². The Balaban J connectivity index is 1.12. The average molecular weight is 595 g/mol. The highest BCUT2D eigenvalue weighted by atomic mass is 35.5. The number of amides is 1. The molecule has 0 saturated heterocycles. The number of nitrogens with one attached hydrogen (secondary N) is 2. The van der Waals surface area contributed by atoms with Crippen molar-refractivity contribution in [2.24, 2.45) is 5.10 Å². The molecule has 6 nitrogen and oxygen atoms in total. The second-order valence-electron chi connectivity index (χ2n) is 8.93. The van der Waals surface area contributed by atoms with E-state index in [2.05, 4.69) is 39.0 Å². The van der Waals surface area contributed by atoms with E-state index in [1.165, 1.54) is 29.7 Å². The number of aromatic nitrogens is 1. The molecule has 0 aliphatic carbocycles. The molecule has 5 rings (SSSR count). The van der Waals surface area contributed by atoms with Gasteiger partial charge in [-0.3, -0.25) is 4.79 Å². The molecule has 11 heteroatoms. The van der Waals surface area contributed by atoms with E-state index in [9.17, 15) is 18.0 Å². The normalized spacial score (nSPS) is 11.6. The molecule has 1 amide bonds. The zero-order valence-electron chi connectivity index (χ0n) is 21.3. The van der Waals surface area contributed by atoms with E-state index in [0.717, 1.165) is 28.5 Å². The number of benzene rings is 4. The fourth-order valence-corrected chi connectivity index (χ4v) is 4.99. The van der Waals surface area contributed by atoms with Gasteiger partial charge in [0.1, 0.15) is 12.4 Å². The topological polar surface area (TPSA) is 75.6 Å². The van der Waals surface area contributed by atoms with E-state index in [-0.39, 0.29) is 12.1 Å². The van der Waals surface area contributed by atoms with Gasteiger partial charge in [0.25, 0.3) is 0 Å². The molecule has 2 N–H and O–H groups in total. The maximum atomic E-state index is 12.9. The largest absolute Gasteiger partial charge is 0.487 e. The van der Waals surface area contributed by atoms with Crippen molar-refractivity contribution in [3.8, 4) is 5.75 Å². The first kappa shape index (κ1) is 28.1. The van der Waals surface area contributed by atoms with Crippen LogP contribution in [0.25, 0.3) is 10.8 Å². The lowest BCUT2D eigenvalue weighted by atomic mass is 10.1. The lowest BCUT2D eigenvalue weighted by Gasteiger charge is -2.11. The smallest absolute Gasteiger partial charge is 0.416 e. The minimum atomic E-state index is -4.44. The van der Waals surface area contributed by atoms with Gasteiger partial charge in [0.15, 0.2) is 5.13 Å². The van der Waals surface area contributed by atoms with Gasteiger partial charge in [-0.1, -0.05) is 60.1 Å². The molecule has 0 spiro atoms. The van der Waals surface area contributed by atoms with Gasteiger partial charge in [-0.25, -0.2) is 10.4 Å². The highest BCUT2D eigenvalue weighted by molar-refractivity contribution is 7.13. The number of fused-ring (bicyclic) bond motifs is 1. The Morgan fingerprint density at radius 2 is 1.83 bits per heavy atom. The molecule has 0 atom stereocenters. The SMILES string of the molecule is O=C(Cc1csc(Nc2cccc(C(F)(F)F)c2)n1)N/N=C\c1ccc(OCc2cccc3ccccc23)c(Cl)c1. The summed E-state index contributed by atoms with van der Waals surface area (Å²) in [5.41, 5.74) is 4.08. The molecular formula is C30H22ClF3N4O2S.